The van der Waals surface area contributed by atoms with Gasteiger partial charge in [0.1, 0.15) is 0 Å². The normalized spacial score (nSPS) is 17.7. The van der Waals surface area contributed by atoms with Crippen molar-refractivity contribution in [3.8, 4) is 6.07 Å². The van der Waals surface area contributed by atoms with Gasteiger partial charge in [-0.2, -0.15) is 18.4 Å². The number of aliphatic carboxylic acids is 1. The predicted octanol–water partition coefficient (Wildman–Crippen LogP) is 5.21. The van der Waals surface area contributed by atoms with Crippen molar-refractivity contribution >= 4 is 40.1 Å². The first-order valence-corrected chi connectivity index (χ1v) is 14.8. The van der Waals surface area contributed by atoms with E-state index >= 15 is 0 Å². The molecular weight excluding hydrogens is 597 g/mol. The molecule has 14 heteroatoms. The summed E-state index contributed by atoms with van der Waals surface area (Å²) < 4.78 is 31.7. The monoisotopic (exact) mass is 626 g/mol. The second-order valence-corrected chi connectivity index (χ2v) is 11.8. The van der Waals surface area contributed by atoms with Crippen LogP contribution >= 0.6 is 11.3 Å². The van der Waals surface area contributed by atoms with E-state index in [2.05, 4.69) is 28.3 Å². The second kappa shape index (κ2) is 12.6. The van der Waals surface area contributed by atoms with E-state index in [0.717, 1.165) is 54.9 Å². The van der Waals surface area contributed by atoms with Gasteiger partial charge in [-0.1, -0.05) is 18.2 Å². The third-order valence-corrected chi connectivity index (χ3v) is 8.79. The van der Waals surface area contributed by atoms with Crippen LogP contribution in [0.15, 0.2) is 42.5 Å². The lowest BCUT2D eigenvalue weighted by atomic mass is 10.0. The molecule has 10 nitrogen and oxygen atoms in total. The number of anilines is 2. The lowest BCUT2D eigenvalue weighted by Gasteiger charge is -2.30. The number of alkyl halides is 3. The Kier molecular flexibility index (Phi) is 8.89. The van der Waals surface area contributed by atoms with Crippen molar-refractivity contribution in [2.45, 2.75) is 44.4 Å². The fourth-order valence-electron chi connectivity index (χ4n) is 5.67. The fraction of sp³-hybridized carbons (Fsp3) is 0.367. The fourth-order valence-corrected chi connectivity index (χ4v) is 6.75. The minimum absolute atomic E-state index is 0.0375. The molecule has 0 spiro atoms. The molecule has 0 radical (unpaired) electrons. The number of hydrogen-bond donors (Lipinski definition) is 2. The number of carbonyl (C=O) groups is 3. The van der Waals surface area contributed by atoms with Crippen molar-refractivity contribution in [3.63, 3.8) is 0 Å². The third kappa shape index (κ3) is 6.53. The summed E-state index contributed by atoms with van der Waals surface area (Å²) in [6.45, 7) is 3.09. The van der Waals surface area contributed by atoms with Crippen LogP contribution in [0.2, 0.25) is 0 Å². The zero-order chi connectivity index (χ0) is 31.6. The van der Waals surface area contributed by atoms with Crippen LogP contribution in [0.4, 0.5) is 28.8 Å². The molecule has 1 saturated heterocycles. The molecule has 0 saturated carbocycles. The highest BCUT2D eigenvalue weighted by atomic mass is 32.1. The van der Waals surface area contributed by atoms with E-state index < -0.39 is 12.1 Å². The van der Waals surface area contributed by atoms with Gasteiger partial charge in [-0.05, 0) is 61.7 Å². The number of benzene rings is 2. The first kappa shape index (κ1) is 31.0. The minimum Gasteiger partial charge on any atom is -0.475 e. The van der Waals surface area contributed by atoms with Crippen LogP contribution in [0, 0.1) is 11.3 Å². The molecule has 2 N–H and O–H groups in total. The minimum atomic E-state index is -5.08. The summed E-state index contributed by atoms with van der Waals surface area (Å²) >= 11 is 1.54. The van der Waals surface area contributed by atoms with E-state index in [4.69, 9.17) is 9.90 Å². The number of nitrogens with zero attached hydrogens (tertiary/aromatic N) is 5. The Labute approximate surface area is 255 Å². The predicted molar refractivity (Wildman–Crippen MR) is 157 cm³/mol. The number of nitriles is 1. The Morgan fingerprint density at radius 2 is 1.86 bits per heavy atom. The lowest BCUT2D eigenvalue weighted by Crippen LogP contribution is -2.42. The molecule has 3 aromatic rings. The number of urea groups is 1. The van der Waals surface area contributed by atoms with E-state index in [1.807, 2.05) is 35.2 Å². The maximum absolute atomic E-state index is 13.7. The summed E-state index contributed by atoms with van der Waals surface area (Å²) in [4.78, 5) is 47.5. The van der Waals surface area contributed by atoms with Crippen LogP contribution in [0.5, 0.6) is 0 Å². The van der Waals surface area contributed by atoms with Gasteiger partial charge in [0.15, 0.2) is 5.13 Å². The van der Waals surface area contributed by atoms with Gasteiger partial charge in [0.05, 0.1) is 23.4 Å². The summed E-state index contributed by atoms with van der Waals surface area (Å²) in [5.41, 5.74) is 5.02. The Bertz CT molecular complexity index is 1640. The van der Waals surface area contributed by atoms with Crippen LogP contribution in [-0.4, -0.2) is 70.7 Å². The lowest BCUT2D eigenvalue weighted by molar-refractivity contribution is -0.192. The molecule has 1 fully saturated rings. The number of rotatable bonds is 3. The Hall–Kier alpha value is -4.48. The first-order chi connectivity index (χ1) is 21.0. The number of carboxylic acids is 1. The van der Waals surface area contributed by atoms with Gasteiger partial charge in [0.25, 0.3) is 5.91 Å². The molecule has 0 aliphatic carbocycles. The smallest absolute Gasteiger partial charge is 0.475 e. The molecule has 6 rings (SSSR count). The summed E-state index contributed by atoms with van der Waals surface area (Å²) in [6.07, 6.45) is -1.73. The number of nitrogens with one attached hydrogen (secondary N) is 1. The number of hydrogen-bond acceptors (Lipinski definition) is 7. The van der Waals surface area contributed by atoms with Gasteiger partial charge in [0, 0.05) is 48.7 Å². The van der Waals surface area contributed by atoms with Crippen molar-refractivity contribution in [3.05, 3.63) is 75.3 Å². The SMILES string of the molecule is CN1CCc2nc(NC(=O)c3cccc([C@H]4CCCN4C(=O)N4CCc5c(C#N)cccc54)c3)sc2C1.O=C(O)C(F)(F)F. The Balaban J connectivity index is 0.000000493. The highest BCUT2D eigenvalue weighted by molar-refractivity contribution is 7.15. The van der Waals surface area contributed by atoms with Gasteiger partial charge in [0.2, 0.25) is 0 Å². The van der Waals surface area contributed by atoms with Gasteiger partial charge in [-0.25, -0.2) is 14.6 Å². The molecule has 1 aromatic heterocycles. The highest BCUT2D eigenvalue weighted by Gasteiger charge is 2.38. The largest absolute Gasteiger partial charge is 0.490 e. The summed E-state index contributed by atoms with van der Waals surface area (Å²) in [5, 5.41) is 20.2. The number of halogens is 3. The van der Waals surface area contributed by atoms with E-state index in [0.29, 0.717) is 35.8 Å². The number of carboxylic acid groups (broad SMARTS) is 1. The third-order valence-electron chi connectivity index (χ3n) is 7.80. The number of fused-ring (bicyclic) bond motifs is 2. The standard InChI is InChI=1S/C28H28N6O2S.C2HF3O2/c1-32-13-11-22-25(17-32)37-27(30-22)31-26(35)19-6-2-5-18(15-19)23-9-4-12-33(23)28(36)34-14-10-21-20(16-29)7-3-8-24(21)34;3-2(4,5)1(6)7/h2-3,5-8,15,23H,4,9-14,17H2,1H3,(H,30,31,35);(H,6,7)/t23-;/m1./s1. The number of aromatic nitrogens is 1. The molecule has 4 heterocycles. The van der Waals surface area contributed by atoms with Gasteiger partial charge >= 0.3 is 18.2 Å². The molecule has 0 bridgehead atoms. The molecule has 2 aromatic carbocycles. The molecule has 44 heavy (non-hydrogen) atoms. The average Bonchev–Trinajstić information content (AvgIpc) is 3.74. The second-order valence-electron chi connectivity index (χ2n) is 10.7. The molecular formula is C30H29F3N6O4S. The summed E-state index contributed by atoms with van der Waals surface area (Å²) in [6, 6.07) is 15.3. The van der Waals surface area contributed by atoms with Gasteiger partial charge in [-0.15, -0.1) is 11.3 Å². The average molecular weight is 627 g/mol. The highest BCUT2D eigenvalue weighted by Crippen LogP contribution is 2.37. The molecule has 0 unspecified atom stereocenters. The van der Waals surface area contributed by atoms with Crippen LogP contribution in [0.1, 0.15) is 56.5 Å². The number of carbonyl (C=O) groups excluding carboxylic acids is 2. The van der Waals surface area contributed by atoms with Crippen molar-refractivity contribution in [1.29, 1.82) is 5.26 Å². The van der Waals surface area contributed by atoms with Crippen LogP contribution in [-0.2, 0) is 24.2 Å². The first-order valence-electron chi connectivity index (χ1n) is 13.9. The van der Waals surface area contributed by atoms with Crippen molar-refractivity contribution in [2.75, 3.05) is 36.9 Å². The molecule has 1 atom stereocenters. The number of likely N-dealkylation sites (N-methyl/N-ethyl adjacent to an activating group) is 1. The molecule has 3 amide bonds. The quantitative estimate of drug-likeness (QED) is 0.409. The van der Waals surface area contributed by atoms with Crippen LogP contribution < -0.4 is 10.2 Å². The maximum atomic E-state index is 13.7. The maximum Gasteiger partial charge on any atom is 0.490 e. The van der Waals surface area contributed by atoms with Crippen molar-refractivity contribution in [1.82, 2.24) is 14.8 Å². The van der Waals surface area contributed by atoms with E-state index in [9.17, 15) is 28.0 Å². The van der Waals surface area contributed by atoms with E-state index in [1.165, 1.54) is 4.88 Å². The van der Waals surface area contributed by atoms with E-state index in [1.54, 1.807) is 28.4 Å². The van der Waals surface area contributed by atoms with E-state index in [-0.39, 0.29) is 18.0 Å². The molecule has 230 valence electrons. The van der Waals surface area contributed by atoms with Crippen molar-refractivity contribution in [2.24, 2.45) is 0 Å². The van der Waals surface area contributed by atoms with Gasteiger partial charge in [-0.3, -0.25) is 15.0 Å². The Morgan fingerprint density at radius 1 is 1.11 bits per heavy atom. The number of likely N-dealkylation sites (tertiary alicyclic amines) is 1. The van der Waals surface area contributed by atoms with Crippen LogP contribution in [0.3, 0.4) is 0 Å². The molecule has 3 aliphatic heterocycles. The topological polar surface area (TPSA) is 130 Å². The van der Waals surface area contributed by atoms with Crippen molar-refractivity contribution < 1.29 is 32.7 Å². The zero-order valence-electron chi connectivity index (χ0n) is 23.7. The summed E-state index contributed by atoms with van der Waals surface area (Å²) in [7, 11) is 2.09. The molecule has 3 aliphatic rings. The Morgan fingerprint density at radius 3 is 2.59 bits per heavy atom. The number of thiazole rings is 1. The number of amides is 3. The zero-order valence-corrected chi connectivity index (χ0v) is 24.5. The van der Waals surface area contributed by atoms with Crippen LogP contribution in [0.25, 0.3) is 0 Å². The van der Waals surface area contributed by atoms with Gasteiger partial charge < -0.3 is 14.9 Å². The summed E-state index contributed by atoms with van der Waals surface area (Å²) in [5.74, 6) is -2.94.